The number of carbonyl (C=O) groups is 5. The lowest BCUT2D eigenvalue weighted by Crippen LogP contribution is -2.12. The SMILES string of the molecule is CCC(=O)Oc1ccc(/C=C/c2c(/C=C/C(=O)O)ccc(OC(=O)CC)c2OC(=O)CC)cc1OC(=O)CC. The zero-order valence-corrected chi connectivity index (χ0v) is 22.1. The van der Waals surface area contributed by atoms with Crippen molar-refractivity contribution in [3.05, 3.63) is 53.1 Å². The highest BCUT2D eigenvalue weighted by Crippen LogP contribution is 2.37. The molecule has 2 rings (SSSR count). The van der Waals surface area contributed by atoms with Crippen LogP contribution in [0.5, 0.6) is 23.0 Å². The van der Waals surface area contributed by atoms with E-state index in [1.54, 1.807) is 39.8 Å². The molecule has 0 atom stereocenters. The molecule has 0 saturated heterocycles. The van der Waals surface area contributed by atoms with Gasteiger partial charge in [-0.3, -0.25) is 19.2 Å². The fourth-order valence-electron chi connectivity index (χ4n) is 3.00. The number of benzene rings is 2. The number of carboxylic acids is 1. The Balaban J connectivity index is 2.67. The Morgan fingerprint density at radius 3 is 1.72 bits per heavy atom. The van der Waals surface area contributed by atoms with Crippen molar-refractivity contribution in [1.29, 1.82) is 0 Å². The summed E-state index contributed by atoms with van der Waals surface area (Å²) in [6.45, 7) is 6.45. The summed E-state index contributed by atoms with van der Waals surface area (Å²) in [5.41, 5.74) is 1.11. The largest absolute Gasteiger partial charge is 0.478 e. The molecule has 10 heteroatoms. The van der Waals surface area contributed by atoms with E-state index in [1.807, 2.05) is 0 Å². The minimum absolute atomic E-state index is 0.0184. The first-order valence-electron chi connectivity index (χ1n) is 12.3. The first kappa shape index (κ1) is 30.5. The Bertz CT molecular complexity index is 1300. The molecule has 0 aromatic heterocycles. The first-order chi connectivity index (χ1) is 18.6. The van der Waals surface area contributed by atoms with Gasteiger partial charge < -0.3 is 24.1 Å². The molecule has 1 N–H and O–H groups in total. The van der Waals surface area contributed by atoms with Crippen molar-refractivity contribution in [2.75, 3.05) is 0 Å². The monoisotopic (exact) mass is 538 g/mol. The number of hydrogen-bond donors (Lipinski definition) is 1. The average Bonchev–Trinajstić information content (AvgIpc) is 2.92. The molecule has 0 fully saturated rings. The highest BCUT2D eigenvalue weighted by Gasteiger charge is 2.19. The highest BCUT2D eigenvalue weighted by atomic mass is 16.6. The van der Waals surface area contributed by atoms with E-state index >= 15 is 0 Å². The van der Waals surface area contributed by atoms with Gasteiger partial charge in [0.1, 0.15) is 0 Å². The number of esters is 4. The second kappa shape index (κ2) is 14.9. The normalized spacial score (nSPS) is 10.9. The summed E-state index contributed by atoms with van der Waals surface area (Å²) in [5.74, 6) is -3.40. The maximum Gasteiger partial charge on any atom is 0.328 e. The fourth-order valence-corrected chi connectivity index (χ4v) is 3.00. The van der Waals surface area contributed by atoms with Gasteiger partial charge in [-0.15, -0.1) is 0 Å². The van der Waals surface area contributed by atoms with Gasteiger partial charge in [-0.1, -0.05) is 45.9 Å². The lowest BCUT2D eigenvalue weighted by molar-refractivity contribution is -0.136. The first-order valence-corrected chi connectivity index (χ1v) is 12.3. The number of carbonyl (C=O) groups excluding carboxylic acids is 4. The topological polar surface area (TPSA) is 143 Å². The van der Waals surface area contributed by atoms with Crippen LogP contribution < -0.4 is 18.9 Å². The molecule has 0 aliphatic rings. The number of ether oxygens (including phenoxy) is 4. The molecule has 0 spiro atoms. The average molecular weight is 539 g/mol. The highest BCUT2D eigenvalue weighted by molar-refractivity contribution is 5.90. The molecule has 0 radical (unpaired) electrons. The third-order valence-corrected chi connectivity index (χ3v) is 5.05. The summed E-state index contributed by atoms with van der Waals surface area (Å²) in [5, 5.41) is 9.12. The number of hydrogen-bond acceptors (Lipinski definition) is 9. The van der Waals surface area contributed by atoms with E-state index in [1.165, 1.54) is 36.4 Å². The third-order valence-electron chi connectivity index (χ3n) is 5.05. The van der Waals surface area contributed by atoms with Crippen LogP contribution in [0.2, 0.25) is 0 Å². The van der Waals surface area contributed by atoms with Gasteiger partial charge in [0.15, 0.2) is 23.0 Å². The molecule has 2 aromatic rings. The predicted octanol–water partition coefficient (Wildman–Crippen LogP) is 5.22. The maximum absolute atomic E-state index is 12.2. The van der Waals surface area contributed by atoms with Crippen LogP contribution in [0.15, 0.2) is 36.4 Å². The standard InChI is InChI=1S/C29H30O10/c1-5-25(32)36-21-14-10-18(17-23(21)38-27(34)7-3)9-13-20-19(12-16-24(30)31)11-15-22(37-26(33)6-2)29(20)39-28(35)8-4/h9-17H,5-8H2,1-4H3,(H,30,31)/b13-9+,16-12+. The second-order valence-electron chi connectivity index (χ2n) is 7.92. The van der Waals surface area contributed by atoms with Crippen LogP contribution in [0.25, 0.3) is 18.2 Å². The van der Waals surface area contributed by atoms with Crippen molar-refractivity contribution in [1.82, 2.24) is 0 Å². The van der Waals surface area contributed by atoms with Crippen LogP contribution in [-0.4, -0.2) is 35.0 Å². The lowest BCUT2D eigenvalue weighted by Gasteiger charge is -2.15. The summed E-state index contributed by atoms with van der Waals surface area (Å²) in [6, 6.07) is 7.47. The molecular weight excluding hydrogens is 508 g/mol. The number of aliphatic carboxylic acids is 1. The van der Waals surface area contributed by atoms with Crippen molar-refractivity contribution in [3.8, 4) is 23.0 Å². The molecule has 0 heterocycles. The van der Waals surface area contributed by atoms with Crippen molar-refractivity contribution in [3.63, 3.8) is 0 Å². The molecule has 0 saturated carbocycles. The summed E-state index contributed by atoms with van der Waals surface area (Å²) in [6.07, 6.45) is 5.64. The van der Waals surface area contributed by atoms with Crippen LogP contribution >= 0.6 is 0 Å². The molecule has 10 nitrogen and oxygen atoms in total. The van der Waals surface area contributed by atoms with Crippen LogP contribution in [0, 0.1) is 0 Å². The van der Waals surface area contributed by atoms with Crippen LogP contribution in [-0.2, 0) is 24.0 Å². The lowest BCUT2D eigenvalue weighted by atomic mass is 10.0. The summed E-state index contributed by atoms with van der Waals surface area (Å²) in [4.78, 5) is 59.2. The number of rotatable bonds is 12. The molecule has 2 aromatic carbocycles. The van der Waals surface area contributed by atoms with Crippen molar-refractivity contribution in [2.45, 2.75) is 53.4 Å². The van der Waals surface area contributed by atoms with Crippen molar-refractivity contribution < 1.29 is 48.0 Å². The van der Waals surface area contributed by atoms with E-state index in [-0.39, 0.29) is 54.2 Å². The van der Waals surface area contributed by atoms with E-state index in [0.717, 1.165) is 6.08 Å². The molecule has 0 aliphatic carbocycles. The van der Waals surface area contributed by atoms with E-state index in [0.29, 0.717) is 11.1 Å². The summed E-state index contributed by atoms with van der Waals surface area (Å²) >= 11 is 0. The quantitative estimate of drug-likeness (QED) is 0.165. The Kier molecular flexibility index (Phi) is 11.6. The van der Waals surface area contributed by atoms with Gasteiger partial charge in [-0.25, -0.2) is 4.79 Å². The smallest absolute Gasteiger partial charge is 0.328 e. The summed E-state index contributed by atoms with van der Waals surface area (Å²) < 4.78 is 21.4. The number of carboxylic acid groups (broad SMARTS) is 1. The van der Waals surface area contributed by atoms with Gasteiger partial charge in [-0.05, 0) is 41.5 Å². The van der Waals surface area contributed by atoms with E-state index < -0.39 is 29.8 Å². The molecule has 0 unspecified atom stereocenters. The maximum atomic E-state index is 12.2. The van der Waals surface area contributed by atoms with E-state index in [9.17, 15) is 24.0 Å². The Labute approximate surface area is 225 Å². The fraction of sp³-hybridized carbons (Fsp3) is 0.276. The van der Waals surface area contributed by atoms with Gasteiger partial charge in [0, 0.05) is 37.3 Å². The van der Waals surface area contributed by atoms with Crippen LogP contribution in [0.1, 0.15) is 70.1 Å². The minimum atomic E-state index is -1.20. The Hall–Kier alpha value is -4.73. The third kappa shape index (κ3) is 9.26. The predicted molar refractivity (Wildman–Crippen MR) is 142 cm³/mol. The molecule has 0 amide bonds. The van der Waals surface area contributed by atoms with Crippen molar-refractivity contribution >= 4 is 48.1 Å². The van der Waals surface area contributed by atoms with Gasteiger partial charge in [0.05, 0.1) is 0 Å². The second-order valence-corrected chi connectivity index (χ2v) is 7.92. The van der Waals surface area contributed by atoms with Gasteiger partial charge in [0.25, 0.3) is 0 Å². The summed E-state index contributed by atoms with van der Waals surface area (Å²) in [7, 11) is 0. The Morgan fingerprint density at radius 1 is 0.641 bits per heavy atom. The molecule has 0 aliphatic heterocycles. The van der Waals surface area contributed by atoms with E-state index in [2.05, 4.69) is 0 Å². The molecular formula is C29H30O10. The zero-order chi connectivity index (χ0) is 28.9. The van der Waals surface area contributed by atoms with Crippen molar-refractivity contribution in [2.24, 2.45) is 0 Å². The van der Waals surface area contributed by atoms with Gasteiger partial charge in [0.2, 0.25) is 0 Å². The van der Waals surface area contributed by atoms with Crippen LogP contribution in [0.4, 0.5) is 0 Å². The molecule has 39 heavy (non-hydrogen) atoms. The minimum Gasteiger partial charge on any atom is -0.478 e. The Morgan fingerprint density at radius 2 is 1.15 bits per heavy atom. The van der Waals surface area contributed by atoms with Gasteiger partial charge in [-0.2, -0.15) is 0 Å². The van der Waals surface area contributed by atoms with E-state index in [4.69, 9.17) is 24.1 Å². The van der Waals surface area contributed by atoms with Crippen LogP contribution in [0.3, 0.4) is 0 Å². The molecule has 0 bridgehead atoms. The zero-order valence-electron chi connectivity index (χ0n) is 22.1. The van der Waals surface area contributed by atoms with Gasteiger partial charge >= 0.3 is 29.8 Å². The molecule has 206 valence electrons.